The van der Waals surface area contributed by atoms with Crippen molar-refractivity contribution >= 4 is 22.1 Å². The Kier molecular flexibility index (Phi) is 2.86. The van der Waals surface area contributed by atoms with Crippen LogP contribution in [0.15, 0.2) is 61.6 Å². The first-order chi connectivity index (χ1) is 11.5. The van der Waals surface area contributed by atoms with Crippen LogP contribution in [-0.4, -0.2) is 19.5 Å². The van der Waals surface area contributed by atoms with Crippen molar-refractivity contribution in [1.29, 1.82) is 0 Å². The van der Waals surface area contributed by atoms with Gasteiger partial charge in [-0.15, -0.1) is 0 Å². The molecular weight excluding hydrogens is 312 g/mol. The van der Waals surface area contributed by atoms with Crippen molar-refractivity contribution in [2.24, 2.45) is 0 Å². The molecule has 24 heavy (non-hydrogen) atoms. The quantitative estimate of drug-likeness (QED) is 0.434. The zero-order chi connectivity index (χ0) is 16.8. The van der Waals surface area contributed by atoms with Crippen molar-refractivity contribution in [3.05, 3.63) is 83.9 Å². The van der Waals surface area contributed by atoms with E-state index in [-0.39, 0.29) is 0 Å². The molecule has 0 aliphatic rings. The number of H-pyrrole nitrogens is 3. The first kappa shape index (κ1) is 13.9. The third-order valence-electron chi connectivity index (χ3n) is 3.75. The number of nitrogens with one attached hydrogen (secondary N) is 3. The molecule has 0 aliphatic heterocycles. The van der Waals surface area contributed by atoms with E-state index in [1.165, 1.54) is 10.6 Å². The predicted octanol–water partition coefficient (Wildman–Crippen LogP) is 0.209. The number of nitrogens with zero attached hydrogens (tertiary/aromatic N) is 1. The highest BCUT2D eigenvalue weighted by Gasteiger charge is 2.10. The summed E-state index contributed by atoms with van der Waals surface area (Å²) in [6.45, 7) is 0. The van der Waals surface area contributed by atoms with Gasteiger partial charge in [-0.05, 0) is 30.3 Å². The van der Waals surface area contributed by atoms with Crippen LogP contribution in [-0.2, 0) is 0 Å². The molecule has 2 aromatic heterocycles. The van der Waals surface area contributed by atoms with Gasteiger partial charge in [-0.2, -0.15) is 0 Å². The summed E-state index contributed by atoms with van der Waals surface area (Å²) >= 11 is 0. The highest BCUT2D eigenvalue weighted by molar-refractivity contribution is 5.80. The number of para-hydroxylation sites is 2. The van der Waals surface area contributed by atoms with E-state index in [2.05, 4.69) is 15.0 Å². The second-order valence-corrected chi connectivity index (χ2v) is 5.25. The van der Waals surface area contributed by atoms with Crippen molar-refractivity contribution in [2.75, 3.05) is 0 Å². The Balaban J connectivity index is 2.13. The van der Waals surface area contributed by atoms with Gasteiger partial charge in [-0.3, -0.25) is 23.7 Å². The molecule has 0 saturated heterocycles. The third-order valence-corrected chi connectivity index (χ3v) is 3.75. The van der Waals surface area contributed by atoms with Crippen molar-refractivity contribution < 1.29 is 0 Å². The number of rotatable bonds is 1. The van der Waals surface area contributed by atoms with Gasteiger partial charge in [-0.1, -0.05) is 12.1 Å². The van der Waals surface area contributed by atoms with Crippen LogP contribution in [0.3, 0.4) is 0 Å². The fourth-order valence-corrected chi connectivity index (χ4v) is 2.66. The fourth-order valence-electron chi connectivity index (χ4n) is 2.66. The molecule has 0 fully saturated rings. The van der Waals surface area contributed by atoms with Crippen LogP contribution in [0.1, 0.15) is 0 Å². The van der Waals surface area contributed by atoms with Crippen LogP contribution in [0.5, 0.6) is 0 Å². The van der Waals surface area contributed by atoms with Crippen LogP contribution in [0.25, 0.3) is 27.8 Å². The van der Waals surface area contributed by atoms with E-state index in [1.54, 1.807) is 36.4 Å². The Bertz CT molecular complexity index is 1340. The molecule has 8 nitrogen and oxygen atoms in total. The van der Waals surface area contributed by atoms with Gasteiger partial charge in [0.1, 0.15) is 0 Å². The van der Waals surface area contributed by atoms with Crippen molar-refractivity contribution in [2.45, 2.75) is 0 Å². The Morgan fingerprint density at radius 1 is 0.667 bits per heavy atom. The lowest BCUT2D eigenvalue weighted by Gasteiger charge is -2.10. The van der Waals surface area contributed by atoms with Crippen LogP contribution in [0.2, 0.25) is 0 Å². The molecule has 0 unspecified atom stereocenters. The summed E-state index contributed by atoms with van der Waals surface area (Å²) in [5.41, 5.74) is -0.817. The molecule has 2 heterocycles. The maximum Gasteiger partial charge on any atom is 0.321 e. The van der Waals surface area contributed by atoms with Gasteiger partial charge in [0.2, 0.25) is 0 Å². The molecule has 4 rings (SSSR count). The smallest absolute Gasteiger partial charge is 0.316 e. The van der Waals surface area contributed by atoms with Gasteiger partial charge in [0, 0.05) is 0 Å². The molecule has 8 heteroatoms. The normalized spacial score (nSPS) is 11.2. The van der Waals surface area contributed by atoms with E-state index < -0.39 is 22.2 Å². The summed E-state index contributed by atoms with van der Waals surface area (Å²) in [5, 5.41) is 0. The second kappa shape index (κ2) is 4.92. The Morgan fingerprint density at radius 3 is 2.12 bits per heavy atom. The number of fused-ring (bicyclic) bond motifs is 2. The number of aromatic amines is 3. The molecule has 0 saturated carbocycles. The molecule has 118 valence electrons. The maximum atomic E-state index is 12.3. The molecule has 4 aromatic rings. The van der Waals surface area contributed by atoms with E-state index >= 15 is 0 Å². The van der Waals surface area contributed by atoms with Gasteiger partial charge in [0.15, 0.2) is 0 Å². The number of aromatic nitrogens is 4. The van der Waals surface area contributed by atoms with Crippen molar-refractivity contribution in [1.82, 2.24) is 19.5 Å². The first-order valence-corrected chi connectivity index (χ1v) is 7.05. The number of hydrogen-bond donors (Lipinski definition) is 3. The maximum absolute atomic E-state index is 12.3. The minimum atomic E-state index is -0.789. The lowest BCUT2D eigenvalue weighted by atomic mass is 10.2. The summed E-state index contributed by atoms with van der Waals surface area (Å²) in [5.74, 6) is 0. The molecule has 0 atom stereocenters. The molecule has 0 amide bonds. The highest BCUT2D eigenvalue weighted by atomic mass is 16.2. The third kappa shape index (κ3) is 2.01. The zero-order valence-corrected chi connectivity index (χ0v) is 12.1. The molecule has 0 aliphatic carbocycles. The summed E-state index contributed by atoms with van der Waals surface area (Å²) in [6, 6.07) is 11.6. The first-order valence-electron chi connectivity index (χ1n) is 7.05. The van der Waals surface area contributed by atoms with E-state index in [4.69, 9.17) is 0 Å². The van der Waals surface area contributed by atoms with Gasteiger partial charge >= 0.3 is 22.2 Å². The second-order valence-electron chi connectivity index (χ2n) is 5.25. The number of benzene rings is 2. The molecule has 0 spiro atoms. The lowest BCUT2D eigenvalue weighted by Crippen LogP contribution is -2.35. The highest BCUT2D eigenvalue weighted by Crippen LogP contribution is 2.16. The van der Waals surface area contributed by atoms with Crippen molar-refractivity contribution in [3.8, 4) is 5.69 Å². The SMILES string of the molecule is O=c1[nH]c2ccc(-n3c(=O)c(=O)[nH]c4ccccc43)cc2[nH]c1=O. The number of hydrogen-bond acceptors (Lipinski definition) is 4. The van der Waals surface area contributed by atoms with Crippen molar-refractivity contribution in [3.63, 3.8) is 0 Å². The summed E-state index contributed by atoms with van der Waals surface area (Å²) in [7, 11) is 0. The average Bonchev–Trinajstić information content (AvgIpc) is 2.57. The molecule has 0 radical (unpaired) electrons. The Morgan fingerprint density at radius 2 is 1.33 bits per heavy atom. The molecule has 3 N–H and O–H groups in total. The minimum Gasteiger partial charge on any atom is -0.316 e. The average molecular weight is 322 g/mol. The Hall–Kier alpha value is -3.68. The lowest BCUT2D eigenvalue weighted by molar-refractivity contribution is 0.986. The van der Waals surface area contributed by atoms with Gasteiger partial charge < -0.3 is 15.0 Å². The molecule has 2 aromatic carbocycles. The van der Waals surface area contributed by atoms with Gasteiger partial charge in [0.05, 0.1) is 27.8 Å². The standard InChI is InChI=1S/C16H10N4O4/c21-13-14(22)19-11-7-8(5-6-9(11)17-13)20-12-4-2-1-3-10(12)18-15(23)16(20)24/h1-7H,(H,17,21)(H,18,23)(H,19,22). The summed E-state index contributed by atoms with van der Waals surface area (Å²) in [4.78, 5) is 54.5. The van der Waals surface area contributed by atoms with Crippen LogP contribution >= 0.6 is 0 Å². The van der Waals surface area contributed by atoms with E-state index in [0.717, 1.165) is 0 Å². The fraction of sp³-hybridized carbons (Fsp3) is 0. The monoisotopic (exact) mass is 322 g/mol. The van der Waals surface area contributed by atoms with Crippen LogP contribution < -0.4 is 22.2 Å². The van der Waals surface area contributed by atoms with E-state index in [0.29, 0.717) is 27.8 Å². The van der Waals surface area contributed by atoms with Crippen LogP contribution in [0, 0.1) is 0 Å². The molecule has 0 bridgehead atoms. The van der Waals surface area contributed by atoms with E-state index in [9.17, 15) is 19.2 Å². The predicted molar refractivity (Wildman–Crippen MR) is 88.9 cm³/mol. The van der Waals surface area contributed by atoms with Gasteiger partial charge in [-0.25, -0.2) is 0 Å². The van der Waals surface area contributed by atoms with Gasteiger partial charge in [0.25, 0.3) is 0 Å². The molecular formula is C16H10N4O4. The zero-order valence-electron chi connectivity index (χ0n) is 12.1. The topological polar surface area (TPSA) is 121 Å². The van der Waals surface area contributed by atoms with Crippen LogP contribution in [0.4, 0.5) is 0 Å². The largest absolute Gasteiger partial charge is 0.321 e. The van der Waals surface area contributed by atoms with E-state index in [1.807, 2.05) is 0 Å². The minimum absolute atomic E-state index is 0.355. The summed E-state index contributed by atoms with van der Waals surface area (Å²) < 4.78 is 1.26. The summed E-state index contributed by atoms with van der Waals surface area (Å²) in [6.07, 6.45) is 0. The Labute approximate surface area is 132 Å².